The molecule has 2 saturated heterocycles. The molecule has 1 aromatic rings. The van der Waals surface area contributed by atoms with E-state index in [0.717, 1.165) is 12.8 Å². The Balaban J connectivity index is 1.74. The van der Waals surface area contributed by atoms with Crippen molar-refractivity contribution in [3.05, 3.63) is 12.5 Å². The van der Waals surface area contributed by atoms with Crippen molar-refractivity contribution in [1.82, 2.24) is 19.0 Å². The summed E-state index contributed by atoms with van der Waals surface area (Å²) in [4.78, 5) is 6.28. The number of piperidine rings is 1. The molecular weight excluding hydrogens is 316 g/mol. The van der Waals surface area contributed by atoms with Gasteiger partial charge in [0.1, 0.15) is 0 Å². The van der Waals surface area contributed by atoms with Gasteiger partial charge in [0.15, 0.2) is 5.03 Å². The SMILES string of the molecule is CS(=O)(=O)N1C2CCC1CC(NS(=O)(=O)c1cnc[nH]1)C2. The molecule has 21 heavy (non-hydrogen) atoms. The van der Waals surface area contributed by atoms with Gasteiger partial charge in [0.05, 0.1) is 18.8 Å². The third kappa shape index (κ3) is 2.85. The molecule has 0 amide bonds. The van der Waals surface area contributed by atoms with E-state index in [-0.39, 0.29) is 23.2 Å². The van der Waals surface area contributed by atoms with Crippen molar-refractivity contribution < 1.29 is 16.8 Å². The third-order valence-corrected chi connectivity index (χ3v) is 6.94. The lowest BCUT2D eigenvalue weighted by molar-refractivity contribution is 0.221. The first-order valence-electron chi connectivity index (χ1n) is 6.76. The molecule has 8 nitrogen and oxygen atoms in total. The highest BCUT2D eigenvalue weighted by Gasteiger charge is 2.46. The normalized spacial score (nSPS) is 30.6. The van der Waals surface area contributed by atoms with Crippen molar-refractivity contribution in [3.8, 4) is 0 Å². The monoisotopic (exact) mass is 334 g/mol. The number of hydrogen-bond acceptors (Lipinski definition) is 5. The number of fused-ring (bicyclic) bond motifs is 2. The van der Waals surface area contributed by atoms with Crippen LogP contribution in [0, 0.1) is 0 Å². The van der Waals surface area contributed by atoms with Crippen LogP contribution in [0.2, 0.25) is 0 Å². The molecule has 2 aliphatic rings. The lowest BCUT2D eigenvalue weighted by Gasteiger charge is -2.37. The minimum absolute atomic E-state index is 0.0281. The summed E-state index contributed by atoms with van der Waals surface area (Å²) in [6.45, 7) is 0. The summed E-state index contributed by atoms with van der Waals surface area (Å²) in [5, 5.41) is 0.0281. The van der Waals surface area contributed by atoms with E-state index in [2.05, 4.69) is 14.7 Å². The minimum atomic E-state index is -3.62. The van der Waals surface area contributed by atoms with E-state index in [9.17, 15) is 16.8 Å². The molecule has 2 atom stereocenters. The molecule has 2 N–H and O–H groups in total. The molecule has 1 aromatic heterocycles. The Morgan fingerprint density at radius 3 is 2.33 bits per heavy atom. The van der Waals surface area contributed by atoms with Crippen LogP contribution >= 0.6 is 0 Å². The maximum Gasteiger partial charge on any atom is 0.257 e. The van der Waals surface area contributed by atoms with Crippen LogP contribution in [0.3, 0.4) is 0 Å². The second kappa shape index (κ2) is 5.04. The number of rotatable bonds is 4. The third-order valence-electron chi connectivity index (χ3n) is 4.13. The van der Waals surface area contributed by atoms with Gasteiger partial charge in [-0.1, -0.05) is 0 Å². The second-order valence-corrected chi connectivity index (χ2v) is 9.25. The Hall–Kier alpha value is -0.970. The molecule has 2 aliphatic heterocycles. The van der Waals surface area contributed by atoms with E-state index in [4.69, 9.17) is 0 Å². The summed E-state index contributed by atoms with van der Waals surface area (Å²) in [7, 11) is -6.86. The highest BCUT2D eigenvalue weighted by Crippen LogP contribution is 2.37. The Kier molecular flexibility index (Phi) is 3.59. The molecule has 0 aliphatic carbocycles. The number of imidazole rings is 1. The van der Waals surface area contributed by atoms with Gasteiger partial charge in [-0.05, 0) is 25.7 Å². The van der Waals surface area contributed by atoms with Crippen LogP contribution in [-0.4, -0.2) is 55.5 Å². The maximum atomic E-state index is 12.2. The fourth-order valence-corrected chi connectivity index (χ4v) is 6.08. The molecule has 2 bridgehead atoms. The van der Waals surface area contributed by atoms with Gasteiger partial charge >= 0.3 is 0 Å². The molecular formula is C11H18N4O4S2. The van der Waals surface area contributed by atoms with Crippen molar-refractivity contribution >= 4 is 20.0 Å². The van der Waals surface area contributed by atoms with Crippen molar-refractivity contribution in [2.75, 3.05) is 6.26 Å². The van der Waals surface area contributed by atoms with Gasteiger partial charge in [0, 0.05) is 18.1 Å². The smallest absolute Gasteiger partial charge is 0.257 e. The second-order valence-electron chi connectivity index (χ2n) is 5.68. The first-order valence-corrected chi connectivity index (χ1v) is 10.1. The van der Waals surface area contributed by atoms with Gasteiger partial charge in [0.25, 0.3) is 10.0 Å². The molecule has 10 heteroatoms. The summed E-state index contributed by atoms with van der Waals surface area (Å²) in [5.74, 6) is 0. The quantitative estimate of drug-likeness (QED) is 0.781. The average molecular weight is 334 g/mol. The van der Waals surface area contributed by atoms with Crippen LogP contribution in [0.1, 0.15) is 25.7 Å². The Bertz CT molecular complexity index is 699. The largest absolute Gasteiger partial charge is 0.335 e. The van der Waals surface area contributed by atoms with Crippen molar-refractivity contribution in [1.29, 1.82) is 0 Å². The van der Waals surface area contributed by atoms with E-state index in [1.807, 2.05) is 0 Å². The molecule has 2 fully saturated rings. The molecule has 3 heterocycles. The highest BCUT2D eigenvalue weighted by atomic mass is 32.2. The molecule has 0 radical (unpaired) electrons. The summed E-state index contributed by atoms with van der Waals surface area (Å²) in [6.07, 6.45) is 6.38. The van der Waals surface area contributed by atoms with E-state index in [0.29, 0.717) is 12.8 Å². The van der Waals surface area contributed by atoms with Gasteiger partial charge in [-0.25, -0.2) is 26.5 Å². The zero-order valence-electron chi connectivity index (χ0n) is 11.6. The predicted molar refractivity (Wildman–Crippen MR) is 75.4 cm³/mol. The lowest BCUT2D eigenvalue weighted by Crippen LogP contribution is -2.52. The minimum Gasteiger partial charge on any atom is -0.335 e. The number of nitrogens with zero attached hydrogens (tertiary/aromatic N) is 2. The number of nitrogens with one attached hydrogen (secondary N) is 2. The molecule has 118 valence electrons. The number of sulfonamides is 2. The molecule has 2 unspecified atom stereocenters. The van der Waals surface area contributed by atoms with Crippen molar-refractivity contribution in [3.63, 3.8) is 0 Å². The number of aromatic nitrogens is 2. The van der Waals surface area contributed by atoms with Gasteiger partial charge < -0.3 is 4.98 Å². The molecule has 0 saturated carbocycles. The highest BCUT2D eigenvalue weighted by molar-refractivity contribution is 7.89. The molecule has 0 spiro atoms. The average Bonchev–Trinajstić information content (AvgIpc) is 2.95. The lowest BCUT2D eigenvalue weighted by atomic mass is 10.0. The standard InChI is InChI=1S/C11H18N4O4S2/c1-20(16,17)15-9-2-3-10(15)5-8(4-9)14-21(18,19)11-6-12-7-13-11/h6-10,14H,2-5H2,1H3,(H,12,13). The first-order chi connectivity index (χ1) is 9.77. The number of H-pyrrole nitrogens is 1. The molecule has 0 aromatic carbocycles. The zero-order chi connectivity index (χ0) is 15.3. The number of aromatic amines is 1. The van der Waals surface area contributed by atoms with Crippen LogP contribution in [0.4, 0.5) is 0 Å². The van der Waals surface area contributed by atoms with Crippen LogP contribution in [0.5, 0.6) is 0 Å². The van der Waals surface area contributed by atoms with E-state index in [1.165, 1.54) is 18.8 Å². The molecule has 3 rings (SSSR count). The maximum absolute atomic E-state index is 12.2. The number of hydrogen-bond donors (Lipinski definition) is 2. The van der Waals surface area contributed by atoms with Crippen LogP contribution in [0.15, 0.2) is 17.6 Å². The Labute approximate surface area is 124 Å². The topological polar surface area (TPSA) is 112 Å². The summed E-state index contributed by atoms with van der Waals surface area (Å²) in [6, 6.07) is -0.449. The van der Waals surface area contributed by atoms with E-state index in [1.54, 1.807) is 4.31 Å². The Morgan fingerprint density at radius 2 is 1.86 bits per heavy atom. The van der Waals surface area contributed by atoms with Crippen LogP contribution < -0.4 is 4.72 Å². The van der Waals surface area contributed by atoms with Gasteiger partial charge in [-0.15, -0.1) is 0 Å². The summed E-state index contributed by atoms with van der Waals surface area (Å²) < 4.78 is 52.1. The van der Waals surface area contributed by atoms with Gasteiger partial charge in [-0.2, -0.15) is 4.31 Å². The zero-order valence-corrected chi connectivity index (χ0v) is 13.2. The van der Waals surface area contributed by atoms with E-state index >= 15 is 0 Å². The van der Waals surface area contributed by atoms with Crippen LogP contribution in [-0.2, 0) is 20.0 Å². The van der Waals surface area contributed by atoms with Crippen LogP contribution in [0.25, 0.3) is 0 Å². The van der Waals surface area contributed by atoms with Gasteiger partial charge in [0.2, 0.25) is 10.0 Å². The van der Waals surface area contributed by atoms with E-state index < -0.39 is 20.0 Å². The Morgan fingerprint density at radius 1 is 1.24 bits per heavy atom. The fraction of sp³-hybridized carbons (Fsp3) is 0.727. The van der Waals surface area contributed by atoms with Crippen molar-refractivity contribution in [2.45, 2.75) is 48.8 Å². The fourth-order valence-electron chi connectivity index (χ4n) is 3.44. The summed E-state index contributed by atoms with van der Waals surface area (Å²) >= 11 is 0. The van der Waals surface area contributed by atoms with Gasteiger partial charge in [-0.3, -0.25) is 0 Å². The first kappa shape index (κ1) is 14.9. The van der Waals surface area contributed by atoms with Crippen molar-refractivity contribution in [2.24, 2.45) is 0 Å². The summed E-state index contributed by atoms with van der Waals surface area (Å²) in [5.41, 5.74) is 0. The predicted octanol–water partition coefficient (Wildman–Crippen LogP) is -0.357.